The van der Waals surface area contributed by atoms with Crippen molar-refractivity contribution >= 4 is 11.6 Å². The van der Waals surface area contributed by atoms with Gasteiger partial charge < -0.3 is 5.73 Å². The Morgan fingerprint density at radius 1 is 1.23 bits per heavy atom. The number of hydrogen-bond acceptors (Lipinski definition) is 2. The molecule has 4 heteroatoms. The molecule has 2 aromatic carbocycles. The summed E-state index contributed by atoms with van der Waals surface area (Å²) < 4.78 is 14.1. The molecule has 0 amide bonds. The maximum atomic E-state index is 14.1. The van der Waals surface area contributed by atoms with Crippen LogP contribution in [-0.2, 0) is 12.1 Å². The molecular formula is C18H20ClFN2. The predicted molar refractivity (Wildman–Crippen MR) is 88.2 cm³/mol. The molecule has 2 aromatic rings. The summed E-state index contributed by atoms with van der Waals surface area (Å²) in [6.07, 6.45) is 0. The van der Waals surface area contributed by atoms with Crippen molar-refractivity contribution in [3.63, 3.8) is 0 Å². The van der Waals surface area contributed by atoms with Gasteiger partial charge in [0.05, 0.1) is 0 Å². The van der Waals surface area contributed by atoms with Crippen LogP contribution >= 0.6 is 11.6 Å². The standard InChI is InChI=1S/C18H20ClFN2/c1-18(2,12-6-8-13(19)9-7-12)22-11-15-14(17(22)10-21)4-3-5-16(15)20/h3-9,17H,10-11,21H2,1-2H3. The lowest BCUT2D eigenvalue weighted by Gasteiger charge is -2.40. The second-order valence-electron chi connectivity index (χ2n) is 6.25. The van der Waals surface area contributed by atoms with E-state index in [4.69, 9.17) is 17.3 Å². The molecule has 116 valence electrons. The molecule has 0 bridgehead atoms. The van der Waals surface area contributed by atoms with E-state index in [1.807, 2.05) is 30.3 Å². The Hall–Kier alpha value is -1.42. The topological polar surface area (TPSA) is 29.3 Å². The molecule has 0 fully saturated rings. The van der Waals surface area contributed by atoms with E-state index in [0.717, 1.165) is 16.7 Å². The Bertz CT molecular complexity index is 682. The minimum atomic E-state index is -0.264. The molecule has 2 N–H and O–H groups in total. The van der Waals surface area contributed by atoms with Gasteiger partial charge in [0.1, 0.15) is 5.82 Å². The van der Waals surface area contributed by atoms with E-state index in [-0.39, 0.29) is 17.4 Å². The van der Waals surface area contributed by atoms with Crippen molar-refractivity contribution in [3.05, 3.63) is 70.0 Å². The molecule has 0 aromatic heterocycles. The number of nitrogens with two attached hydrogens (primary N) is 1. The lowest BCUT2D eigenvalue weighted by atomic mass is 9.91. The van der Waals surface area contributed by atoms with Crippen LogP contribution < -0.4 is 5.73 Å². The van der Waals surface area contributed by atoms with Crippen LogP contribution in [0.3, 0.4) is 0 Å². The molecular weight excluding hydrogens is 299 g/mol. The molecule has 3 rings (SSSR count). The van der Waals surface area contributed by atoms with E-state index in [1.165, 1.54) is 6.07 Å². The highest BCUT2D eigenvalue weighted by molar-refractivity contribution is 6.30. The van der Waals surface area contributed by atoms with Gasteiger partial charge in [0.15, 0.2) is 0 Å². The highest BCUT2D eigenvalue weighted by Gasteiger charge is 2.40. The summed E-state index contributed by atoms with van der Waals surface area (Å²) in [4.78, 5) is 2.27. The molecule has 1 unspecified atom stereocenters. The van der Waals surface area contributed by atoms with Gasteiger partial charge >= 0.3 is 0 Å². The zero-order valence-corrected chi connectivity index (χ0v) is 13.6. The van der Waals surface area contributed by atoms with Crippen LogP contribution in [0.4, 0.5) is 4.39 Å². The maximum Gasteiger partial charge on any atom is 0.128 e. The van der Waals surface area contributed by atoms with E-state index in [9.17, 15) is 4.39 Å². The number of nitrogens with zero attached hydrogens (tertiary/aromatic N) is 1. The first-order chi connectivity index (χ1) is 10.4. The monoisotopic (exact) mass is 318 g/mol. The minimum Gasteiger partial charge on any atom is -0.329 e. The normalized spacial score (nSPS) is 18.5. The van der Waals surface area contributed by atoms with Crippen molar-refractivity contribution in [2.75, 3.05) is 6.54 Å². The van der Waals surface area contributed by atoms with Gasteiger partial charge in [-0.2, -0.15) is 0 Å². The van der Waals surface area contributed by atoms with Gasteiger partial charge in [0, 0.05) is 35.3 Å². The number of rotatable bonds is 3. The van der Waals surface area contributed by atoms with Crippen molar-refractivity contribution in [3.8, 4) is 0 Å². The molecule has 1 atom stereocenters. The van der Waals surface area contributed by atoms with E-state index in [1.54, 1.807) is 6.07 Å². The fourth-order valence-corrected chi connectivity index (χ4v) is 3.49. The molecule has 1 aliphatic heterocycles. The van der Waals surface area contributed by atoms with Gasteiger partial charge in [-0.15, -0.1) is 0 Å². The summed E-state index contributed by atoms with van der Waals surface area (Å²) in [7, 11) is 0. The Morgan fingerprint density at radius 3 is 2.55 bits per heavy atom. The van der Waals surface area contributed by atoms with E-state index >= 15 is 0 Å². The quantitative estimate of drug-likeness (QED) is 0.917. The van der Waals surface area contributed by atoms with Crippen molar-refractivity contribution in [2.24, 2.45) is 5.73 Å². The maximum absolute atomic E-state index is 14.1. The fourth-order valence-electron chi connectivity index (χ4n) is 3.37. The molecule has 0 saturated carbocycles. The molecule has 1 aliphatic rings. The summed E-state index contributed by atoms with van der Waals surface area (Å²) >= 11 is 5.99. The molecule has 0 aliphatic carbocycles. The summed E-state index contributed by atoms with van der Waals surface area (Å²) in [6.45, 7) is 5.32. The van der Waals surface area contributed by atoms with Crippen LogP contribution in [0.5, 0.6) is 0 Å². The highest BCUT2D eigenvalue weighted by Crippen LogP contribution is 2.43. The van der Waals surface area contributed by atoms with Crippen molar-refractivity contribution in [1.82, 2.24) is 4.90 Å². The largest absolute Gasteiger partial charge is 0.329 e. The van der Waals surface area contributed by atoms with E-state index < -0.39 is 0 Å². The van der Waals surface area contributed by atoms with E-state index in [0.29, 0.717) is 18.1 Å². The summed E-state index contributed by atoms with van der Waals surface area (Å²) in [5.74, 6) is -0.148. The molecule has 22 heavy (non-hydrogen) atoms. The first-order valence-electron chi connectivity index (χ1n) is 7.45. The van der Waals surface area contributed by atoms with Crippen molar-refractivity contribution in [2.45, 2.75) is 32.0 Å². The second kappa shape index (κ2) is 5.65. The van der Waals surface area contributed by atoms with Crippen molar-refractivity contribution in [1.29, 1.82) is 0 Å². The third-order valence-electron chi connectivity index (χ3n) is 4.71. The molecule has 2 nitrogen and oxygen atoms in total. The molecule has 0 radical (unpaired) electrons. The van der Waals surface area contributed by atoms with Gasteiger partial charge in [-0.05, 0) is 43.2 Å². The number of halogens is 2. The third-order valence-corrected chi connectivity index (χ3v) is 4.96. The lowest BCUT2D eigenvalue weighted by molar-refractivity contribution is 0.0775. The number of fused-ring (bicyclic) bond motifs is 1. The minimum absolute atomic E-state index is 0.0244. The third kappa shape index (κ3) is 2.43. The Labute approximate surface area is 135 Å². The SMILES string of the molecule is CC(C)(c1ccc(Cl)cc1)N1Cc2c(F)cccc2C1CN. The van der Waals surface area contributed by atoms with Gasteiger partial charge in [-0.1, -0.05) is 35.9 Å². The second-order valence-corrected chi connectivity index (χ2v) is 6.69. The first-order valence-corrected chi connectivity index (χ1v) is 7.83. The average molecular weight is 319 g/mol. The van der Waals surface area contributed by atoms with Gasteiger partial charge in [-0.25, -0.2) is 4.39 Å². The summed E-state index contributed by atoms with van der Waals surface area (Å²) in [5.41, 5.74) is 8.65. The van der Waals surface area contributed by atoms with Crippen LogP contribution in [-0.4, -0.2) is 11.4 Å². The number of benzene rings is 2. The van der Waals surface area contributed by atoms with Crippen LogP contribution in [0.1, 0.15) is 36.6 Å². The lowest BCUT2D eigenvalue weighted by Crippen LogP contribution is -2.42. The van der Waals surface area contributed by atoms with Crippen LogP contribution in [0, 0.1) is 5.82 Å². The zero-order chi connectivity index (χ0) is 15.9. The smallest absolute Gasteiger partial charge is 0.128 e. The fraction of sp³-hybridized carbons (Fsp3) is 0.333. The van der Waals surface area contributed by atoms with Gasteiger partial charge in [0.25, 0.3) is 0 Å². The predicted octanol–water partition coefficient (Wildman–Crippen LogP) is 4.23. The highest BCUT2D eigenvalue weighted by atomic mass is 35.5. The Morgan fingerprint density at radius 2 is 1.91 bits per heavy atom. The summed E-state index contributed by atoms with van der Waals surface area (Å²) in [6, 6.07) is 13.1. The van der Waals surface area contributed by atoms with Crippen LogP contribution in [0.15, 0.2) is 42.5 Å². The van der Waals surface area contributed by atoms with Gasteiger partial charge in [-0.3, -0.25) is 4.90 Å². The van der Waals surface area contributed by atoms with Crippen molar-refractivity contribution < 1.29 is 4.39 Å². The molecule has 1 heterocycles. The Kier molecular flexibility index (Phi) is 3.98. The first kappa shape index (κ1) is 15.5. The number of hydrogen-bond donors (Lipinski definition) is 1. The Balaban J connectivity index is 2.01. The van der Waals surface area contributed by atoms with Crippen LogP contribution in [0.25, 0.3) is 0 Å². The molecule has 0 spiro atoms. The van der Waals surface area contributed by atoms with E-state index in [2.05, 4.69) is 18.7 Å². The summed E-state index contributed by atoms with van der Waals surface area (Å²) in [5, 5.41) is 0.714. The molecule has 0 saturated heterocycles. The van der Waals surface area contributed by atoms with Gasteiger partial charge in [0.2, 0.25) is 0 Å². The van der Waals surface area contributed by atoms with Crippen LogP contribution in [0.2, 0.25) is 5.02 Å². The zero-order valence-electron chi connectivity index (χ0n) is 12.8. The average Bonchev–Trinajstić information content (AvgIpc) is 2.88.